The van der Waals surface area contributed by atoms with E-state index in [9.17, 15) is 18.0 Å². The Kier molecular flexibility index (Phi) is 5.15. The number of aromatic nitrogens is 1. The first-order chi connectivity index (χ1) is 14.3. The lowest BCUT2D eigenvalue weighted by Crippen LogP contribution is -2.98. The Bertz CT molecular complexity index is 1000. The van der Waals surface area contributed by atoms with Crippen molar-refractivity contribution in [1.29, 1.82) is 0 Å². The van der Waals surface area contributed by atoms with Gasteiger partial charge in [0.05, 0.1) is 11.6 Å². The van der Waals surface area contributed by atoms with E-state index in [4.69, 9.17) is 0 Å². The molecule has 9 heteroatoms. The molecule has 3 heterocycles. The van der Waals surface area contributed by atoms with Crippen LogP contribution in [0.15, 0.2) is 54.0 Å². The van der Waals surface area contributed by atoms with E-state index in [0.29, 0.717) is 13.0 Å². The van der Waals surface area contributed by atoms with Crippen molar-refractivity contribution in [2.24, 2.45) is 0 Å². The first-order valence-corrected chi connectivity index (χ1v) is 9.85. The highest BCUT2D eigenvalue weighted by molar-refractivity contribution is 5.95. The van der Waals surface area contributed by atoms with Crippen LogP contribution in [-0.4, -0.2) is 28.4 Å². The van der Waals surface area contributed by atoms with Gasteiger partial charge in [-0.1, -0.05) is 19.1 Å². The number of carbonyl (C=O) groups excluding carboxylic acids is 1. The van der Waals surface area contributed by atoms with Crippen molar-refractivity contribution < 1.29 is 23.5 Å². The molecule has 1 aromatic carbocycles. The standard InChI is InChI=1S/C21H22F3N5O/c1-3-14-7-5-10-25-19(14)29-17-9-11-28(13(2)18(17)26-27-29)20(30)15-6-4-8-16(12-15)21(22,23)24/h4-8,10,12-13,26-27H,3,9,11H2,1-2H3/p+1. The summed E-state index contributed by atoms with van der Waals surface area (Å²) in [6.07, 6.45) is -1.32. The van der Waals surface area contributed by atoms with E-state index in [1.807, 2.05) is 29.6 Å². The summed E-state index contributed by atoms with van der Waals surface area (Å²) in [4.78, 5) is 19.1. The van der Waals surface area contributed by atoms with Gasteiger partial charge >= 0.3 is 6.18 Å². The number of nitrogens with two attached hydrogens (primary N) is 1. The number of aryl methyl sites for hydroxylation is 1. The molecule has 2 aliphatic rings. The molecule has 3 N–H and O–H groups in total. The lowest BCUT2D eigenvalue weighted by Gasteiger charge is -2.33. The number of hydrogen-bond donors (Lipinski definition) is 2. The van der Waals surface area contributed by atoms with Crippen LogP contribution in [0, 0.1) is 0 Å². The zero-order chi connectivity index (χ0) is 21.5. The second-order valence-electron chi connectivity index (χ2n) is 7.35. The summed E-state index contributed by atoms with van der Waals surface area (Å²) in [6, 6.07) is 8.22. The van der Waals surface area contributed by atoms with E-state index < -0.39 is 17.6 Å². The van der Waals surface area contributed by atoms with Gasteiger partial charge in [0.1, 0.15) is 11.4 Å². The van der Waals surface area contributed by atoms with Crippen LogP contribution in [0.1, 0.15) is 41.8 Å². The molecule has 2 aromatic rings. The number of rotatable bonds is 3. The summed E-state index contributed by atoms with van der Waals surface area (Å²) >= 11 is 0. The van der Waals surface area contributed by atoms with Crippen molar-refractivity contribution in [2.45, 2.75) is 38.9 Å². The van der Waals surface area contributed by atoms with E-state index in [1.54, 1.807) is 11.1 Å². The quantitative estimate of drug-likeness (QED) is 0.753. The highest BCUT2D eigenvalue weighted by Gasteiger charge is 2.40. The van der Waals surface area contributed by atoms with Crippen molar-refractivity contribution in [1.82, 2.24) is 15.3 Å². The highest BCUT2D eigenvalue weighted by Crippen LogP contribution is 2.32. The minimum absolute atomic E-state index is 0.0394. The Morgan fingerprint density at radius 1 is 1.30 bits per heavy atom. The molecule has 158 valence electrons. The van der Waals surface area contributed by atoms with Gasteiger partial charge in [0.15, 0.2) is 5.82 Å². The smallest absolute Gasteiger partial charge is 0.330 e. The predicted molar refractivity (Wildman–Crippen MR) is 105 cm³/mol. The number of amides is 1. The number of benzene rings is 1. The normalized spacial score (nSPS) is 19.0. The lowest BCUT2D eigenvalue weighted by molar-refractivity contribution is -0.702. The zero-order valence-electron chi connectivity index (χ0n) is 16.7. The molecule has 30 heavy (non-hydrogen) atoms. The number of hydrogen-bond acceptors (Lipinski definition) is 4. The molecule has 0 saturated carbocycles. The van der Waals surface area contributed by atoms with Crippen LogP contribution >= 0.6 is 0 Å². The zero-order valence-corrected chi connectivity index (χ0v) is 16.7. The number of quaternary nitrogens is 1. The van der Waals surface area contributed by atoms with Gasteiger partial charge in [-0.05, 0) is 37.6 Å². The topological polar surface area (TPSA) is 65.1 Å². The van der Waals surface area contributed by atoms with Gasteiger partial charge in [-0.2, -0.15) is 18.2 Å². The molecular weight excluding hydrogens is 395 g/mol. The molecular formula is C21H23F3N5O+. The van der Waals surface area contributed by atoms with Crippen LogP contribution in [0.5, 0.6) is 0 Å². The van der Waals surface area contributed by atoms with Crippen LogP contribution in [0.2, 0.25) is 0 Å². The van der Waals surface area contributed by atoms with Crippen molar-refractivity contribution in [2.75, 3.05) is 11.6 Å². The average molecular weight is 418 g/mol. The molecule has 0 bridgehead atoms. The monoisotopic (exact) mass is 418 g/mol. The summed E-state index contributed by atoms with van der Waals surface area (Å²) in [6.45, 7) is 4.36. The minimum Gasteiger partial charge on any atom is -0.330 e. The van der Waals surface area contributed by atoms with Crippen LogP contribution in [0.4, 0.5) is 19.0 Å². The van der Waals surface area contributed by atoms with Gasteiger partial charge in [0.25, 0.3) is 5.91 Å². The Hall–Kier alpha value is -3.07. The van der Waals surface area contributed by atoms with Crippen molar-refractivity contribution >= 4 is 11.7 Å². The molecule has 1 aromatic heterocycles. The summed E-state index contributed by atoms with van der Waals surface area (Å²) in [5, 5.41) is 2.01. The van der Waals surface area contributed by atoms with Gasteiger partial charge in [-0.15, -0.1) is 5.53 Å². The fourth-order valence-corrected chi connectivity index (χ4v) is 4.00. The summed E-state index contributed by atoms with van der Waals surface area (Å²) < 4.78 is 39.1. The fourth-order valence-electron chi connectivity index (χ4n) is 4.00. The van der Waals surface area contributed by atoms with Crippen molar-refractivity contribution in [3.05, 3.63) is 70.7 Å². The lowest BCUT2D eigenvalue weighted by atomic mass is 10.0. The molecule has 0 spiro atoms. The molecule has 4 rings (SSSR count). The maximum absolute atomic E-state index is 13.0. The molecule has 2 aliphatic heterocycles. The molecule has 0 saturated heterocycles. The van der Waals surface area contributed by atoms with E-state index in [-0.39, 0.29) is 11.6 Å². The predicted octanol–water partition coefficient (Wildman–Crippen LogP) is 2.61. The molecule has 1 atom stereocenters. The highest BCUT2D eigenvalue weighted by atomic mass is 19.4. The Morgan fingerprint density at radius 3 is 2.83 bits per heavy atom. The third-order valence-electron chi connectivity index (χ3n) is 5.60. The maximum atomic E-state index is 13.0. The number of anilines is 1. The van der Waals surface area contributed by atoms with Gasteiger partial charge in [0, 0.05) is 30.3 Å². The minimum atomic E-state index is -4.48. The second-order valence-corrected chi connectivity index (χ2v) is 7.35. The van der Waals surface area contributed by atoms with E-state index >= 15 is 0 Å². The SMILES string of the molecule is CCc1cccnc1N1[NH2+]NC2=C1CCN(C(=O)c1cccc(C(F)(F)F)c1)C2C. The second kappa shape index (κ2) is 7.64. The maximum Gasteiger partial charge on any atom is 0.416 e. The summed E-state index contributed by atoms with van der Waals surface area (Å²) in [5.74, 6) is 0.440. The van der Waals surface area contributed by atoms with E-state index in [2.05, 4.69) is 17.3 Å². The number of pyridine rings is 1. The molecule has 0 aliphatic carbocycles. The molecule has 0 fully saturated rings. The molecule has 1 amide bonds. The molecule has 0 radical (unpaired) electrons. The number of carbonyl (C=O) groups is 1. The molecule has 6 nitrogen and oxygen atoms in total. The van der Waals surface area contributed by atoms with Crippen LogP contribution in [-0.2, 0) is 12.6 Å². The number of alkyl halides is 3. The first kappa shape index (κ1) is 20.2. The summed E-state index contributed by atoms with van der Waals surface area (Å²) in [7, 11) is 0. The van der Waals surface area contributed by atoms with Crippen LogP contribution in [0.25, 0.3) is 0 Å². The van der Waals surface area contributed by atoms with Crippen LogP contribution < -0.4 is 16.0 Å². The van der Waals surface area contributed by atoms with E-state index in [1.165, 1.54) is 12.1 Å². The first-order valence-electron chi connectivity index (χ1n) is 9.85. The van der Waals surface area contributed by atoms with Gasteiger partial charge in [-0.25, -0.2) is 10.4 Å². The van der Waals surface area contributed by atoms with Crippen molar-refractivity contribution in [3.8, 4) is 0 Å². The number of halogens is 3. The van der Waals surface area contributed by atoms with Gasteiger partial charge < -0.3 is 4.90 Å². The third-order valence-corrected chi connectivity index (χ3v) is 5.60. The van der Waals surface area contributed by atoms with Crippen molar-refractivity contribution in [3.63, 3.8) is 0 Å². The fraction of sp³-hybridized carbons (Fsp3) is 0.333. The Balaban J connectivity index is 1.60. The largest absolute Gasteiger partial charge is 0.416 e. The van der Waals surface area contributed by atoms with E-state index in [0.717, 1.165) is 41.3 Å². The Labute approximate surface area is 172 Å². The Morgan fingerprint density at radius 2 is 2.10 bits per heavy atom. The van der Waals surface area contributed by atoms with Crippen LogP contribution in [0.3, 0.4) is 0 Å². The van der Waals surface area contributed by atoms with Gasteiger partial charge in [0.2, 0.25) is 0 Å². The average Bonchev–Trinajstić information content (AvgIpc) is 3.18. The summed E-state index contributed by atoms with van der Waals surface area (Å²) in [5.41, 5.74) is 7.31. The number of nitrogens with zero attached hydrogens (tertiary/aromatic N) is 3. The number of nitrogens with one attached hydrogen (secondary N) is 1. The molecule has 1 unspecified atom stereocenters. The third kappa shape index (κ3) is 3.49. The van der Waals surface area contributed by atoms with Gasteiger partial charge in [-0.3, -0.25) is 4.79 Å².